The molecule has 0 saturated carbocycles. The van der Waals surface area contributed by atoms with Gasteiger partial charge in [0.1, 0.15) is 11.6 Å². The fraction of sp³-hybridized carbons (Fsp3) is 0.419. The van der Waals surface area contributed by atoms with Crippen LogP contribution in [-0.4, -0.2) is 273 Å². The Morgan fingerprint density at radius 1 is 0.362 bits per heavy atom. The zero-order chi connectivity index (χ0) is 99.8. The van der Waals surface area contributed by atoms with Gasteiger partial charge in [-0.05, 0) is 200 Å². The molecular weight excluding hydrogens is 1740 g/mol. The number of nitrogens with zero attached hydrogens (tertiary/aromatic N) is 9. The first-order valence-electron chi connectivity index (χ1n) is 49.4. The number of rotatable bonds is 37. The van der Waals surface area contributed by atoms with Crippen LogP contribution in [0.15, 0.2) is 261 Å². The Hall–Kier alpha value is -11.1. The van der Waals surface area contributed by atoms with Crippen molar-refractivity contribution in [2.24, 2.45) is 5.92 Å². The summed E-state index contributed by atoms with van der Waals surface area (Å²) >= 11 is 5.72. The summed E-state index contributed by atoms with van der Waals surface area (Å²) < 4.78 is 18.9. The molecule has 14 rings (SSSR count). The van der Waals surface area contributed by atoms with Gasteiger partial charge in [-0.3, -0.25) is 43.3 Å². The summed E-state index contributed by atoms with van der Waals surface area (Å²) in [5.74, 6) is 2.52. The lowest BCUT2D eigenvalue weighted by molar-refractivity contribution is 0.0880. The molecule has 1 unspecified atom stereocenters. The molecule has 0 aromatic heterocycles. The predicted molar refractivity (Wildman–Crippen MR) is 568 cm³/mol. The first kappa shape index (κ1) is 114. The van der Waals surface area contributed by atoms with E-state index in [9.17, 15) is 42.7 Å². The summed E-state index contributed by atoms with van der Waals surface area (Å²) in [7, 11) is 15.6. The molecule has 4 aliphatic heterocycles. The number of hydrogen-bond acceptors (Lipinski definition) is 19. The van der Waals surface area contributed by atoms with Crippen molar-refractivity contribution in [2.75, 3.05) is 198 Å². The van der Waals surface area contributed by atoms with Crippen molar-refractivity contribution < 1.29 is 47.5 Å². The van der Waals surface area contributed by atoms with Crippen LogP contribution in [0.1, 0.15) is 209 Å². The largest absolute Gasteiger partial charge is 0.497 e. The molecule has 21 heteroatoms. The Morgan fingerprint density at radius 2 is 0.681 bits per heavy atom. The topological polar surface area (TPSA) is 187 Å². The second-order valence-electron chi connectivity index (χ2n) is 36.7. The number of hydrogen-bond donors (Lipinski definition) is 1. The van der Waals surface area contributed by atoms with E-state index in [2.05, 4.69) is 74.7 Å². The zero-order valence-corrected chi connectivity index (χ0v) is 85.4. The zero-order valence-electron chi connectivity index (χ0n) is 84.6. The predicted octanol–water partition coefficient (Wildman–Crippen LogP) is 21.7. The number of likely N-dealkylation sites (tertiary alicyclic amines) is 2. The van der Waals surface area contributed by atoms with Gasteiger partial charge in [0.2, 0.25) is 0 Å². The number of carbonyl (C=O) groups is 8. The van der Waals surface area contributed by atoms with Crippen molar-refractivity contribution in [2.45, 2.75) is 131 Å². The van der Waals surface area contributed by atoms with Crippen LogP contribution in [0.5, 0.6) is 5.75 Å². The molecule has 138 heavy (non-hydrogen) atoms. The van der Waals surface area contributed by atoms with Crippen molar-refractivity contribution in [3.63, 3.8) is 0 Å². The van der Waals surface area contributed by atoms with Gasteiger partial charge in [0.25, 0.3) is 0 Å². The Labute approximate surface area is 829 Å². The number of carbonyl (C=O) groups excluding carboxylic acids is 8. The summed E-state index contributed by atoms with van der Waals surface area (Å²) in [5, 5.41) is 3.90. The highest BCUT2D eigenvalue weighted by atomic mass is 35.5. The number of methoxy groups -OCH3 is 1. The Bertz CT molecular complexity index is 4990. The third-order valence-corrected chi connectivity index (χ3v) is 24.9. The molecule has 19 nitrogen and oxygen atoms in total. The van der Waals surface area contributed by atoms with Gasteiger partial charge in [-0.15, -0.1) is 0 Å². The lowest BCUT2D eigenvalue weighted by atomic mass is 9.97. The van der Waals surface area contributed by atoms with Gasteiger partial charge in [0.05, 0.1) is 12.8 Å². The van der Waals surface area contributed by atoms with Crippen molar-refractivity contribution in [1.29, 1.82) is 0 Å². The van der Waals surface area contributed by atoms with Crippen molar-refractivity contribution in [3.05, 3.63) is 338 Å². The number of aryl methyl sites for hydroxylation is 4. The van der Waals surface area contributed by atoms with Crippen LogP contribution in [0.3, 0.4) is 0 Å². The second-order valence-corrected chi connectivity index (χ2v) is 37.1. The van der Waals surface area contributed by atoms with Crippen LogP contribution >= 0.6 is 11.6 Å². The smallest absolute Gasteiger partial charge is 0.166 e. The summed E-state index contributed by atoms with van der Waals surface area (Å²) in [6.45, 7) is 29.2. The van der Waals surface area contributed by atoms with E-state index in [-0.39, 0.29) is 58.0 Å². The monoisotopic (exact) mass is 1900 g/mol. The second kappa shape index (κ2) is 64.9. The van der Waals surface area contributed by atoms with Crippen LogP contribution in [0.25, 0.3) is 0 Å². The molecule has 740 valence electrons. The summed E-state index contributed by atoms with van der Waals surface area (Å²) in [6.07, 6.45) is 13.9. The van der Waals surface area contributed by atoms with E-state index in [0.29, 0.717) is 62.2 Å². The van der Waals surface area contributed by atoms with Crippen LogP contribution in [-0.2, 0) is 12.8 Å². The molecule has 0 amide bonds. The molecule has 0 radical (unpaired) electrons. The van der Waals surface area contributed by atoms with Crippen molar-refractivity contribution >= 4 is 69.2 Å². The van der Waals surface area contributed by atoms with E-state index >= 15 is 0 Å². The quantitative estimate of drug-likeness (QED) is 0.0362. The number of ether oxygens (including phenoxy) is 1. The third-order valence-electron chi connectivity index (χ3n) is 24.7. The number of likely N-dealkylation sites (N-methyl/N-ethyl adjacent to an activating group) is 1. The fourth-order valence-corrected chi connectivity index (χ4v) is 15.8. The van der Waals surface area contributed by atoms with Gasteiger partial charge in [-0.1, -0.05) is 257 Å². The average molecular weight is 1900 g/mol. The number of anilines is 2. The molecule has 10 aromatic rings. The molecule has 4 heterocycles. The maximum atomic E-state index is 13.8. The van der Waals surface area contributed by atoms with E-state index in [1.165, 1.54) is 79.9 Å². The molecule has 1 atom stereocenters. The van der Waals surface area contributed by atoms with E-state index in [0.717, 1.165) is 180 Å². The number of ketones is 8. The lowest BCUT2D eigenvalue weighted by Crippen LogP contribution is -2.47. The van der Waals surface area contributed by atoms with Gasteiger partial charge in [-0.25, -0.2) is 4.39 Å². The number of nitrogens with one attached hydrogen (secondary N) is 1. The Morgan fingerprint density at radius 3 is 1.05 bits per heavy atom. The lowest BCUT2D eigenvalue weighted by Gasteiger charge is -2.36. The van der Waals surface area contributed by atoms with Crippen LogP contribution in [0.2, 0.25) is 5.02 Å². The first-order chi connectivity index (χ1) is 66.6. The SMILES string of the molecule is CCc1ccc(C(=O)C(C)CN2CCCCC2)cc1.CCc1ccc(C(=O)CCNc2ccc(OC)cc2)cc1.CN(C)CCC(=O)c1ccc(Cl)cc1.CN1CCN(CCC(=O)c2ccccc2)CC1.Cc1ccc(C(=O)CCN(C)C)cc1.Cc1ccc(C(=O)CCN(C)C)cc1.O=C(CCN1CCCCC1)c1ccccc1.O=C(CCN1CCN(c2ccccc2F)CC1)c1ccccc1. The van der Waals surface area contributed by atoms with E-state index in [1.807, 2.05) is 283 Å². The highest BCUT2D eigenvalue weighted by Gasteiger charge is 2.24. The van der Waals surface area contributed by atoms with Gasteiger partial charge < -0.3 is 49.3 Å². The van der Waals surface area contributed by atoms with Crippen LogP contribution in [0.4, 0.5) is 15.8 Å². The number of benzene rings is 10. The van der Waals surface area contributed by atoms with Crippen LogP contribution < -0.4 is 15.0 Å². The fourth-order valence-electron chi connectivity index (χ4n) is 15.7. The van der Waals surface area contributed by atoms with Gasteiger partial charge in [0, 0.05) is 211 Å². The van der Waals surface area contributed by atoms with Crippen molar-refractivity contribution in [1.82, 2.24) is 39.2 Å². The third kappa shape index (κ3) is 45.2. The standard InChI is InChI=1S/C19H21FN2O.C18H21NO2.C17H25NO.C14H20N2O.C14H19NO.2C12H17NO.C11H14ClNO/c20-17-8-4-5-9-18(17)22-14-12-21(13-15-22)11-10-19(23)16-6-2-1-3-7-16;1-3-14-4-6-15(7-5-14)18(20)12-13-19-16-8-10-17(21-2)11-9-16;1-3-15-7-9-16(10-8-15)17(19)14(2)13-18-11-5-4-6-12-18;1-15-9-11-16(12-10-15)8-7-14(17)13-5-3-2-4-6-13;16-14(13-7-3-1-4-8-13)9-12-15-10-5-2-6-11-15;2*1-10-4-6-11(7-5-10)12(14)8-9-13(2)3;1-13(2)8-7-11(14)9-3-5-10(12)6-4-9/h1-9H,10-15H2;4-11,19H,3,12-13H2,1-2H3;7-10,14H,3-6,11-13H2,1-2H3;2-6H,7-12H2,1H3;1,3-4,7-8H,2,5-6,9-12H2;2*4-7H,8-9H2,1-3H3;3-6H,7-8H2,1-2H3. The molecule has 0 bridgehead atoms. The van der Waals surface area contributed by atoms with E-state index < -0.39 is 0 Å². The van der Waals surface area contributed by atoms with Gasteiger partial charge >= 0.3 is 0 Å². The maximum Gasteiger partial charge on any atom is 0.166 e. The number of halogens is 2. The molecule has 10 aromatic carbocycles. The van der Waals surface area contributed by atoms with Gasteiger partial charge in [-0.2, -0.15) is 0 Å². The van der Waals surface area contributed by atoms with Gasteiger partial charge in [0.15, 0.2) is 46.3 Å². The average Bonchev–Trinajstić information content (AvgIpc) is 0.844. The summed E-state index contributed by atoms with van der Waals surface area (Å²) in [5.41, 5.74) is 13.1. The van der Waals surface area contributed by atoms with E-state index in [4.69, 9.17) is 16.3 Å². The van der Waals surface area contributed by atoms with Crippen molar-refractivity contribution in [3.8, 4) is 5.75 Å². The molecule has 4 aliphatic rings. The minimum atomic E-state index is -0.166. The molecule has 1 N–H and O–H groups in total. The molecular formula is C117H154ClFN10O9. The van der Waals surface area contributed by atoms with Crippen LogP contribution in [0, 0.1) is 25.6 Å². The summed E-state index contributed by atoms with van der Waals surface area (Å²) in [6, 6.07) is 81.6. The first-order valence-corrected chi connectivity index (χ1v) is 49.8. The maximum absolute atomic E-state index is 13.8. The minimum absolute atomic E-state index is 0.102. The highest BCUT2D eigenvalue weighted by molar-refractivity contribution is 6.30. The number of Topliss-reactive ketones (excluding diaryl/α,β-unsaturated/α-hetero) is 8. The normalized spacial score (nSPS) is 14.1. The highest BCUT2D eigenvalue weighted by Crippen LogP contribution is 2.24. The molecule has 4 fully saturated rings. The molecule has 0 spiro atoms. The number of piperidine rings is 2. The summed E-state index contributed by atoms with van der Waals surface area (Å²) in [4.78, 5) is 115. The Kier molecular flexibility index (Phi) is 53.6. The molecule has 4 saturated heterocycles. The van der Waals surface area contributed by atoms with E-state index in [1.54, 1.807) is 37.4 Å². The number of para-hydroxylation sites is 1. The Balaban J connectivity index is 0.000000216. The molecule has 0 aliphatic carbocycles. The number of piperazine rings is 2. The minimum Gasteiger partial charge on any atom is -0.497 e.